The number of anilines is 2. The standard InChI is InChI=1S/C17H19N5OS2/c1-9-5-4-6-13(10(9)2)18-16-20-21-17(25-16)24-11(3)15-19-14(22-23-15)12-7-8-12/h4-6,11-12H,7-8H2,1-3H3,(H,18,20). The van der Waals surface area contributed by atoms with Gasteiger partial charge in [-0.2, -0.15) is 4.98 Å². The number of nitrogens with zero attached hydrogens (tertiary/aromatic N) is 4. The van der Waals surface area contributed by atoms with Gasteiger partial charge in [0.25, 0.3) is 0 Å². The van der Waals surface area contributed by atoms with Gasteiger partial charge in [-0.3, -0.25) is 0 Å². The predicted molar refractivity (Wildman–Crippen MR) is 99.7 cm³/mol. The van der Waals surface area contributed by atoms with E-state index in [-0.39, 0.29) is 5.25 Å². The minimum absolute atomic E-state index is 0.0569. The quantitative estimate of drug-likeness (QED) is 0.608. The third-order valence-electron chi connectivity index (χ3n) is 4.28. The van der Waals surface area contributed by atoms with E-state index in [1.165, 1.54) is 35.3 Å². The molecule has 25 heavy (non-hydrogen) atoms. The highest BCUT2D eigenvalue weighted by Gasteiger charge is 2.30. The molecule has 1 unspecified atom stereocenters. The number of aryl methyl sites for hydroxylation is 1. The highest BCUT2D eigenvalue weighted by molar-refractivity contribution is 8.01. The Morgan fingerprint density at radius 1 is 1.28 bits per heavy atom. The van der Waals surface area contributed by atoms with Gasteiger partial charge < -0.3 is 9.84 Å². The summed E-state index contributed by atoms with van der Waals surface area (Å²) in [7, 11) is 0. The number of hydrogen-bond donors (Lipinski definition) is 1. The van der Waals surface area contributed by atoms with Crippen molar-refractivity contribution in [3.8, 4) is 0 Å². The van der Waals surface area contributed by atoms with E-state index in [2.05, 4.69) is 51.6 Å². The first-order valence-electron chi connectivity index (χ1n) is 8.27. The van der Waals surface area contributed by atoms with E-state index in [0.29, 0.717) is 11.8 Å². The van der Waals surface area contributed by atoms with E-state index >= 15 is 0 Å². The van der Waals surface area contributed by atoms with Crippen molar-refractivity contribution in [1.82, 2.24) is 20.3 Å². The summed E-state index contributed by atoms with van der Waals surface area (Å²) in [5.41, 5.74) is 3.53. The third kappa shape index (κ3) is 3.69. The van der Waals surface area contributed by atoms with Gasteiger partial charge in [-0.05, 0) is 50.8 Å². The highest BCUT2D eigenvalue weighted by atomic mass is 32.2. The van der Waals surface area contributed by atoms with Gasteiger partial charge in [0.15, 0.2) is 10.2 Å². The van der Waals surface area contributed by atoms with Crippen LogP contribution in [0, 0.1) is 13.8 Å². The Balaban J connectivity index is 1.42. The summed E-state index contributed by atoms with van der Waals surface area (Å²) < 4.78 is 6.27. The molecule has 6 nitrogen and oxygen atoms in total. The molecule has 0 radical (unpaired) electrons. The molecule has 1 aliphatic rings. The molecule has 8 heteroatoms. The highest BCUT2D eigenvalue weighted by Crippen LogP contribution is 2.41. The first kappa shape index (κ1) is 16.5. The average Bonchev–Trinajstić information content (AvgIpc) is 3.15. The Morgan fingerprint density at radius 3 is 2.92 bits per heavy atom. The largest absolute Gasteiger partial charge is 0.338 e. The lowest BCUT2D eigenvalue weighted by atomic mass is 10.1. The van der Waals surface area contributed by atoms with Crippen LogP contribution in [0.4, 0.5) is 10.8 Å². The van der Waals surface area contributed by atoms with Gasteiger partial charge in [-0.15, -0.1) is 10.2 Å². The van der Waals surface area contributed by atoms with Crippen molar-refractivity contribution < 1.29 is 4.52 Å². The summed E-state index contributed by atoms with van der Waals surface area (Å²) in [5.74, 6) is 2.01. The third-order valence-corrected chi connectivity index (χ3v) is 6.29. The molecule has 1 fully saturated rings. The molecule has 2 aromatic heterocycles. The summed E-state index contributed by atoms with van der Waals surface area (Å²) in [6.07, 6.45) is 2.34. The Morgan fingerprint density at radius 2 is 2.12 bits per heavy atom. The average molecular weight is 374 g/mol. The van der Waals surface area contributed by atoms with Crippen LogP contribution in [0.15, 0.2) is 27.1 Å². The monoisotopic (exact) mass is 373 g/mol. The molecule has 0 amide bonds. The maximum Gasteiger partial charge on any atom is 0.239 e. The molecule has 2 heterocycles. The number of rotatable bonds is 6. The molecule has 130 valence electrons. The molecule has 0 saturated heterocycles. The number of thioether (sulfide) groups is 1. The van der Waals surface area contributed by atoms with E-state index in [1.807, 2.05) is 13.0 Å². The van der Waals surface area contributed by atoms with Gasteiger partial charge in [-0.1, -0.05) is 40.4 Å². The fourth-order valence-corrected chi connectivity index (χ4v) is 4.37. The van der Waals surface area contributed by atoms with Crippen LogP contribution in [-0.4, -0.2) is 20.3 Å². The first-order valence-corrected chi connectivity index (χ1v) is 9.96. The first-order chi connectivity index (χ1) is 12.1. The zero-order valence-corrected chi connectivity index (χ0v) is 15.9. The number of aromatic nitrogens is 4. The zero-order valence-electron chi connectivity index (χ0n) is 14.3. The summed E-state index contributed by atoms with van der Waals surface area (Å²) in [5, 5.41) is 16.8. The van der Waals surface area contributed by atoms with E-state index in [4.69, 9.17) is 4.52 Å². The molecule has 1 aromatic carbocycles. The predicted octanol–water partition coefficient (Wildman–Crippen LogP) is 5.01. The fraction of sp³-hybridized carbons (Fsp3) is 0.412. The molecule has 1 aliphatic carbocycles. The van der Waals surface area contributed by atoms with Gasteiger partial charge in [0.05, 0.1) is 5.25 Å². The van der Waals surface area contributed by atoms with Crippen molar-refractivity contribution in [3.63, 3.8) is 0 Å². The van der Waals surface area contributed by atoms with Crippen molar-refractivity contribution in [3.05, 3.63) is 41.0 Å². The van der Waals surface area contributed by atoms with Crippen molar-refractivity contribution in [2.75, 3.05) is 5.32 Å². The van der Waals surface area contributed by atoms with Crippen molar-refractivity contribution in [1.29, 1.82) is 0 Å². The maximum absolute atomic E-state index is 5.39. The topological polar surface area (TPSA) is 76.7 Å². The van der Waals surface area contributed by atoms with Crippen LogP contribution in [0.25, 0.3) is 0 Å². The normalized spacial score (nSPS) is 15.3. The Kier molecular flexibility index (Phi) is 4.47. The van der Waals surface area contributed by atoms with E-state index in [9.17, 15) is 0 Å². The Bertz CT molecular complexity index is 887. The Hall–Kier alpha value is -1.93. The van der Waals surface area contributed by atoms with Crippen LogP contribution in [0.2, 0.25) is 0 Å². The molecule has 0 aliphatic heterocycles. The summed E-state index contributed by atoms with van der Waals surface area (Å²) in [4.78, 5) is 4.51. The van der Waals surface area contributed by atoms with Crippen molar-refractivity contribution >= 4 is 33.9 Å². The van der Waals surface area contributed by atoms with Crippen molar-refractivity contribution in [2.45, 2.75) is 49.1 Å². The van der Waals surface area contributed by atoms with Crippen LogP contribution in [0.1, 0.15) is 53.8 Å². The van der Waals surface area contributed by atoms with Crippen LogP contribution >= 0.6 is 23.1 Å². The van der Waals surface area contributed by atoms with E-state index < -0.39 is 0 Å². The van der Waals surface area contributed by atoms with Gasteiger partial charge in [0.2, 0.25) is 11.0 Å². The minimum atomic E-state index is 0.0569. The van der Waals surface area contributed by atoms with Gasteiger partial charge >= 0.3 is 0 Å². The molecule has 4 rings (SSSR count). The smallest absolute Gasteiger partial charge is 0.239 e. The second kappa shape index (κ2) is 6.76. The van der Waals surface area contributed by atoms with Gasteiger partial charge in [0, 0.05) is 11.6 Å². The van der Waals surface area contributed by atoms with Crippen LogP contribution in [0.3, 0.4) is 0 Å². The molecule has 0 spiro atoms. The van der Waals surface area contributed by atoms with Crippen LogP contribution < -0.4 is 5.32 Å². The van der Waals surface area contributed by atoms with Crippen LogP contribution in [-0.2, 0) is 0 Å². The summed E-state index contributed by atoms with van der Waals surface area (Å²) >= 11 is 3.12. The summed E-state index contributed by atoms with van der Waals surface area (Å²) in [6, 6.07) is 6.19. The fourth-order valence-electron chi connectivity index (χ4n) is 2.43. The Labute approximate surface area is 154 Å². The lowest BCUT2D eigenvalue weighted by Gasteiger charge is -2.08. The second-order valence-electron chi connectivity index (χ2n) is 6.27. The molecule has 1 atom stereocenters. The molecule has 3 aromatic rings. The SMILES string of the molecule is Cc1cccc(Nc2nnc(SC(C)c3nc(C4CC4)no3)s2)c1C. The lowest BCUT2D eigenvalue weighted by molar-refractivity contribution is 0.375. The number of nitrogens with one attached hydrogen (secondary N) is 1. The summed E-state index contributed by atoms with van der Waals surface area (Å²) in [6.45, 7) is 6.25. The molecular weight excluding hydrogens is 354 g/mol. The maximum atomic E-state index is 5.39. The molecule has 0 bridgehead atoms. The molecule has 1 saturated carbocycles. The van der Waals surface area contributed by atoms with E-state index in [1.54, 1.807) is 11.8 Å². The van der Waals surface area contributed by atoms with Crippen LogP contribution in [0.5, 0.6) is 0 Å². The van der Waals surface area contributed by atoms with E-state index in [0.717, 1.165) is 21.0 Å². The lowest BCUT2D eigenvalue weighted by Crippen LogP contribution is -1.94. The molecule has 1 N–H and O–H groups in total. The number of hydrogen-bond acceptors (Lipinski definition) is 8. The van der Waals surface area contributed by atoms with Crippen molar-refractivity contribution in [2.24, 2.45) is 0 Å². The minimum Gasteiger partial charge on any atom is -0.338 e. The molecular formula is C17H19N5OS2. The van der Waals surface area contributed by atoms with Gasteiger partial charge in [0.1, 0.15) is 0 Å². The second-order valence-corrected chi connectivity index (χ2v) is 8.84. The zero-order chi connectivity index (χ0) is 17.4. The number of benzene rings is 1. The van der Waals surface area contributed by atoms with Gasteiger partial charge in [-0.25, -0.2) is 0 Å².